The highest BCUT2D eigenvalue weighted by atomic mass is 19.1. The largest absolute Gasteiger partial charge is 0.445 e. The molecule has 5 aliphatic rings. The van der Waals surface area contributed by atoms with Crippen LogP contribution in [0.1, 0.15) is 66.2 Å². The number of hydrogen-bond donors (Lipinski definition) is 2. The summed E-state index contributed by atoms with van der Waals surface area (Å²) in [6.45, 7) is 9.59. The van der Waals surface area contributed by atoms with Crippen LogP contribution < -0.4 is 5.32 Å². The van der Waals surface area contributed by atoms with Crippen LogP contribution in [0.4, 0.5) is 9.18 Å². The van der Waals surface area contributed by atoms with Gasteiger partial charge in [-0.25, -0.2) is 4.79 Å². The van der Waals surface area contributed by atoms with Crippen LogP contribution in [0.2, 0.25) is 0 Å². The van der Waals surface area contributed by atoms with Crippen LogP contribution >= 0.6 is 0 Å². The minimum Gasteiger partial charge on any atom is -0.445 e. The number of nitrogens with zero attached hydrogens (tertiary/aromatic N) is 1. The molecule has 2 aliphatic heterocycles. The van der Waals surface area contributed by atoms with E-state index >= 15 is 0 Å². The van der Waals surface area contributed by atoms with Crippen LogP contribution in [-0.4, -0.2) is 66.3 Å². The summed E-state index contributed by atoms with van der Waals surface area (Å²) in [6, 6.07) is 0. The fourth-order valence-corrected chi connectivity index (χ4v) is 8.92. The normalized spacial score (nSPS) is 50.9. The van der Waals surface area contributed by atoms with Gasteiger partial charge >= 0.3 is 6.09 Å². The standard InChI is InChI=1S/C27H41FN2O5/c1-15-5-8-27-9-6-19(31)21(27)26(15,4)20(11-25(3,14-28)22(32)16(27)2)35-24(34)29-23(33)18-13-30-10-7-17(18)12-30/h15-18,20-22,32H,5-14H2,1-4H3,(H,29,33,34)/t15-,16+,17+,18+,20-,21?,22+,25+,26+,27?/m1/s1. The number of alkyl carbamates (subject to hydrolysis) is 1. The number of carbonyl (C=O) groups excluding carboxylic acids is 3. The minimum absolute atomic E-state index is 0.0702. The van der Waals surface area contributed by atoms with Gasteiger partial charge in [-0.05, 0) is 61.8 Å². The number of imide groups is 1. The topological polar surface area (TPSA) is 95.9 Å². The van der Waals surface area contributed by atoms with E-state index in [1.807, 2.05) is 13.8 Å². The summed E-state index contributed by atoms with van der Waals surface area (Å²) in [5, 5.41) is 13.9. The average molecular weight is 493 g/mol. The van der Waals surface area contributed by atoms with Gasteiger partial charge in [-0.1, -0.05) is 27.7 Å². The molecule has 7 nitrogen and oxygen atoms in total. The summed E-state index contributed by atoms with van der Waals surface area (Å²) in [4.78, 5) is 41.6. The first-order valence-electron chi connectivity index (χ1n) is 13.5. The lowest BCUT2D eigenvalue weighted by molar-refractivity contribution is -0.200. The van der Waals surface area contributed by atoms with Gasteiger partial charge in [0, 0.05) is 36.3 Å². The van der Waals surface area contributed by atoms with E-state index in [0.29, 0.717) is 19.4 Å². The van der Waals surface area contributed by atoms with E-state index in [1.165, 1.54) is 0 Å². The van der Waals surface area contributed by atoms with Crippen LogP contribution in [0, 0.1) is 45.8 Å². The Morgan fingerprint density at radius 2 is 1.94 bits per heavy atom. The third-order valence-electron chi connectivity index (χ3n) is 11.3. The van der Waals surface area contributed by atoms with Crippen molar-refractivity contribution in [3.05, 3.63) is 0 Å². The molecule has 3 unspecified atom stereocenters. The molecular formula is C27H41FN2O5. The molecule has 2 amide bonds. The van der Waals surface area contributed by atoms with Crippen molar-refractivity contribution < 1.29 is 28.6 Å². The second kappa shape index (κ2) is 8.51. The minimum atomic E-state index is -1.12. The molecule has 196 valence electrons. The van der Waals surface area contributed by atoms with Gasteiger partial charge in [0.15, 0.2) is 0 Å². The molecule has 2 N–H and O–H groups in total. The van der Waals surface area contributed by atoms with Crippen LogP contribution in [0.5, 0.6) is 0 Å². The molecular weight excluding hydrogens is 451 g/mol. The van der Waals surface area contributed by atoms with Crippen molar-refractivity contribution in [2.45, 2.75) is 78.4 Å². The molecule has 3 saturated carbocycles. The number of rotatable bonds is 3. The van der Waals surface area contributed by atoms with Crippen molar-refractivity contribution in [2.75, 3.05) is 26.3 Å². The highest BCUT2D eigenvalue weighted by molar-refractivity contribution is 5.93. The molecule has 4 bridgehead atoms. The summed E-state index contributed by atoms with van der Waals surface area (Å²) in [6.07, 6.45) is 1.27. The highest BCUT2D eigenvalue weighted by Crippen LogP contribution is 2.67. The van der Waals surface area contributed by atoms with E-state index in [0.717, 1.165) is 32.4 Å². The van der Waals surface area contributed by atoms with E-state index in [4.69, 9.17) is 4.74 Å². The smallest absolute Gasteiger partial charge is 0.414 e. The van der Waals surface area contributed by atoms with Gasteiger partial charge in [0.2, 0.25) is 5.91 Å². The summed E-state index contributed by atoms with van der Waals surface area (Å²) in [5.41, 5.74) is -2.25. The van der Waals surface area contributed by atoms with E-state index in [9.17, 15) is 23.9 Å². The predicted octanol–water partition coefficient (Wildman–Crippen LogP) is 3.34. The molecule has 0 aromatic heterocycles. The third kappa shape index (κ3) is 3.60. The monoisotopic (exact) mass is 492 g/mol. The van der Waals surface area contributed by atoms with Crippen LogP contribution in [0.15, 0.2) is 0 Å². The number of carbonyl (C=O) groups is 3. The number of aliphatic hydroxyl groups excluding tert-OH is 1. The molecule has 0 aromatic rings. The number of ether oxygens (including phenoxy) is 1. The van der Waals surface area contributed by atoms with Crippen molar-refractivity contribution in [1.29, 1.82) is 0 Å². The Kier molecular flexibility index (Phi) is 6.11. The number of amides is 2. The lowest BCUT2D eigenvalue weighted by atomic mass is 9.44. The number of aliphatic hydroxyl groups is 1. The van der Waals surface area contributed by atoms with E-state index in [-0.39, 0.29) is 47.7 Å². The lowest BCUT2D eigenvalue weighted by Gasteiger charge is -2.61. The molecule has 8 heteroatoms. The Bertz CT molecular complexity index is 914. The summed E-state index contributed by atoms with van der Waals surface area (Å²) < 4.78 is 20.6. The van der Waals surface area contributed by atoms with Crippen LogP contribution in [-0.2, 0) is 14.3 Å². The molecule has 2 saturated heterocycles. The summed E-state index contributed by atoms with van der Waals surface area (Å²) in [7, 11) is 0. The number of fused-ring (bicyclic) bond motifs is 2. The molecule has 3 aliphatic carbocycles. The van der Waals surface area contributed by atoms with Crippen molar-refractivity contribution >= 4 is 17.8 Å². The van der Waals surface area contributed by atoms with E-state index in [1.54, 1.807) is 6.92 Å². The fraction of sp³-hybridized carbons (Fsp3) is 0.889. The predicted molar refractivity (Wildman–Crippen MR) is 127 cm³/mol. The molecule has 5 fully saturated rings. The first kappa shape index (κ1) is 25.1. The maximum Gasteiger partial charge on any atom is 0.414 e. The SMILES string of the molecule is C[C@@H]1CCC23CCC(=O)C2[C@]1(C)[C@H](OC(=O)NC(=O)[C@H]1CN2CC[C@H]1C2)C[C@@](C)(CF)[C@@H](O)[C@@H]3C. The molecule has 11 atom stereocenters. The molecule has 0 aromatic carbocycles. The van der Waals surface area contributed by atoms with Crippen molar-refractivity contribution in [3.8, 4) is 0 Å². The average Bonchev–Trinajstić information content (AvgIpc) is 3.55. The van der Waals surface area contributed by atoms with Crippen LogP contribution in [0.25, 0.3) is 0 Å². The van der Waals surface area contributed by atoms with Crippen molar-refractivity contribution in [2.24, 2.45) is 45.8 Å². The summed E-state index contributed by atoms with van der Waals surface area (Å²) in [5.74, 6) is -0.647. The fourth-order valence-electron chi connectivity index (χ4n) is 8.92. The number of nitrogens with one attached hydrogen (secondary N) is 1. The second-order valence-corrected chi connectivity index (χ2v) is 13.0. The van der Waals surface area contributed by atoms with E-state index in [2.05, 4.69) is 17.1 Å². The maximum absolute atomic E-state index is 14.6. The maximum atomic E-state index is 14.6. The molecule has 0 spiro atoms. The van der Waals surface area contributed by atoms with Crippen molar-refractivity contribution in [1.82, 2.24) is 10.2 Å². The van der Waals surface area contributed by atoms with Gasteiger partial charge in [0.05, 0.1) is 18.7 Å². The van der Waals surface area contributed by atoms with Gasteiger partial charge in [-0.15, -0.1) is 0 Å². The van der Waals surface area contributed by atoms with Crippen molar-refractivity contribution in [3.63, 3.8) is 0 Å². The number of alkyl halides is 1. The number of piperidine rings is 1. The molecule has 5 rings (SSSR count). The Labute approximate surface area is 207 Å². The Balaban J connectivity index is 1.45. The van der Waals surface area contributed by atoms with Crippen LogP contribution in [0.3, 0.4) is 0 Å². The zero-order chi connectivity index (χ0) is 25.3. The van der Waals surface area contributed by atoms with Gasteiger partial charge in [0.1, 0.15) is 11.9 Å². The number of ketones is 1. The van der Waals surface area contributed by atoms with Gasteiger partial charge in [-0.3, -0.25) is 19.3 Å². The quantitative estimate of drug-likeness (QED) is 0.627. The Morgan fingerprint density at radius 1 is 1.20 bits per heavy atom. The van der Waals surface area contributed by atoms with Gasteiger partial charge in [-0.2, -0.15) is 0 Å². The van der Waals surface area contributed by atoms with Gasteiger partial charge < -0.3 is 14.7 Å². The Hall–Kier alpha value is -1.54. The third-order valence-corrected chi connectivity index (χ3v) is 11.3. The number of halogens is 1. The Morgan fingerprint density at radius 3 is 2.57 bits per heavy atom. The zero-order valence-electron chi connectivity index (χ0n) is 21.5. The lowest BCUT2D eigenvalue weighted by Crippen LogP contribution is -2.64. The first-order valence-corrected chi connectivity index (χ1v) is 13.5. The first-order chi connectivity index (χ1) is 16.5. The molecule has 35 heavy (non-hydrogen) atoms. The number of hydrogen-bond acceptors (Lipinski definition) is 6. The van der Waals surface area contributed by atoms with Gasteiger partial charge in [0.25, 0.3) is 0 Å². The molecule has 2 heterocycles. The zero-order valence-corrected chi connectivity index (χ0v) is 21.5. The van der Waals surface area contributed by atoms with E-state index < -0.39 is 41.2 Å². The second-order valence-electron chi connectivity index (χ2n) is 13.0. The number of Topliss-reactive ketones (excluding diaryl/α,β-unsaturated/α-hetero) is 1. The highest BCUT2D eigenvalue weighted by Gasteiger charge is 2.68. The summed E-state index contributed by atoms with van der Waals surface area (Å²) >= 11 is 0. The molecule has 0 radical (unpaired) electrons.